The van der Waals surface area contributed by atoms with E-state index >= 15 is 0 Å². The highest BCUT2D eigenvalue weighted by Crippen LogP contribution is 2.28. The number of ketones is 1. The number of rotatable bonds is 6. The number of carbonyl (C=O) groups excluding carboxylic acids is 1. The van der Waals surface area contributed by atoms with Gasteiger partial charge < -0.3 is 5.11 Å². The molecular formula is C19H18N2O3S2. The Hall–Kier alpha value is -2.38. The lowest BCUT2D eigenvalue weighted by Crippen LogP contribution is -2.23. The van der Waals surface area contributed by atoms with Crippen molar-refractivity contribution in [2.75, 3.05) is 5.75 Å². The monoisotopic (exact) mass is 386 g/mol. The van der Waals surface area contributed by atoms with Gasteiger partial charge in [0.15, 0.2) is 10.9 Å². The lowest BCUT2D eigenvalue weighted by atomic mass is 10.1. The van der Waals surface area contributed by atoms with Crippen LogP contribution in [-0.4, -0.2) is 26.2 Å². The minimum Gasteiger partial charge on any atom is -0.508 e. The van der Waals surface area contributed by atoms with Crippen LogP contribution in [0.3, 0.4) is 0 Å². The first kappa shape index (κ1) is 18.4. The summed E-state index contributed by atoms with van der Waals surface area (Å²) in [5.41, 5.74) is 1.37. The molecule has 134 valence electrons. The van der Waals surface area contributed by atoms with E-state index in [1.54, 1.807) is 22.8 Å². The molecule has 26 heavy (non-hydrogen) atoms. The van der Waals surface area contributed by atoms with Crippen molar-refractivity contribution in [2.45, 2.75) is 25.5 Å². The third-order valence-corrected chi connectivity index (χ3v) is 6.16. The second-order valence-electron chi connectivity index (χ2n) is 5.82. The van der Waals surface area contributed by atoms with Crippen molar-refractivity contribution in [1.29, 1.82) is 0 Å². The first-order valence-electron chi connectivity index (χ1n) is 7.98. The van der Waals surface area contributed by atoms with Crippen LogP contribution in [0.4, 0.5) is 0 Å². The molecule has 0 radical (unpaired) electrons. The third kappa shape index (κ3) is 3.45. The SMILES string of the molecule is C=CCn1c(SCC(=O)c2ccc(O)cc2)nc2sc(C)c(C)c2c1=O. The second-order valence-corrected chi connectivity index (χ2v) is 7.97. The molecule has 3 aromatic rings. The highest BCUT2D eigenvalue weighted by atomic mass is 32.2. The largest absolute Gasteiger partial charge is 0.508 e. The number of carbonyl (C=O) groups is 1. The van der Waals surface area contributed by atoms with Gasteiger partial charge >= 0.3 is 0 Å². The Balaban J connectivity index is 1.94. The first-order chi connectivity index (χ1) is 12.4. The van der Waals surface area contributed by atoms with Crippen LogP contribution in [0.25, 0.3) is 10.2 Å². The van der Waals surface area contributed by atoms with Crippen molar-refractivity contribution in [1.82, 2.24) is 9.55 Å². The minimum atomic E-state index is -0.101. The van der Waals surface area contributed by atoms with Crippen LogP contribution in [0.15, 0.2) is 46.9 Å². The smallest absolute Gasteiger partial charge is 0.263 e. The number of aryl methyl sites for hydroxylation is 2. The molecule has 0 saturated carbocycles. The summed E-state index contributed by atoms with van der Waals surface area (Å²) >= 11 is 2.73. The lowest BCUT2D eigenvalue weighted by Gasteiger charge is -2.10. The van der Waals surface area contributed by atoms with E-state index in [9.17, 15) is 14.7 Å². The topological polar surface area (TPSA) is 72.2 Å². The fraction of sp³-hybridized carbons (Fsp3) is 0.211. The molecule has 7 heteroatoms. The van der Waals surface area contributed by atoms with Crippen LogP contribution in [0, 0.1) is 13.8 Å². The molecule has 3 rings (SSSR count). The predicted octanol–water partition coefficient (Wildman–Crippen LogP) is 3.94. The number of aromatic hydroxyl groups is 1. The van der Waals surface area contributed by atoms with Crippen molar-refractivity contribution in [2.24, 2.45) is 0 Å². The van der Waals surface area contributed by atoms with Gasteiger partial charge in [-0.2, -0.15) is 0 Å². The van der Waals surface area contributed by atoms with Crippen LogP contribution in [0.5, 0.6) is 5.75 Å². The van der Waals surface area contributed by atoms with Gasteiger partial charge in [-0.3, -0.25) is 14.2 Å². The lowest BCUT2D eigenvalue weighted by molar-refractivity contribution is 0.102. The molecule has 0 bridgehead atoms. The van der Waals surface area contributed by atoms with E-state index in [0.717, 1.165) is 10.4 Å². The van der Waals surface area contributed by atoms with Gasteiger partial charge in [0.25, 0.3) is 5.56 Å². The predicted molar refractivity (Wildman–Crippen MR) is 107 cm³/mol. The molecule has 5 nitrogen and oxygen atoms in total. The number of phenols is 1. The maximum atomic E-state index is 12.9. The summed E-state index contributed by atoms with van der Waals surface area (Å²) in [5.74, 6) is 0.182. The number of hydrogen-bond donors (Lipinski definition) is 1. The van der Waals surface area contributed by atoms with Gasteiger partial charge in [-0.1, -0.05) is 17.8 Å². The third-order valence-electron chi connectivity index (χ3n) is 4.09. The summed E-state index contributed by atoms with van der Waals surface area (Å²) in [5, 5.41) is 10.5. The van der Waals surface area contributed by atoms with Crippen molar-refractivity contribution in [3.05, 3.63) is 63.3 Å². The van der Waals surface area contributed by atoms with E-state index in [4.69, 9.17) is 0 Å². The molecular weight excluding hydrogens is 368 g/mol. The fourth-order valence-electron chi connectivity index (χ4n) is 2.57. The molecule has 0 aliphatic carbocycles. The van der Waals surface area contributed by atoms with Gasteiger partial charge in [0.1, 0.15) is 10.6 Å². The maximum Gasteiger partial charge on any atom is 0.263 e. The summed E-state index contributed by atoms with van der Waals surface area (Å²) in [6, 6.07) is 6.12. The van der Waals surface area contributed by atoms with Crippen LogP contribution in [0.1, 0.15) is 20.8 Å². The van der Waals surface area contributed by atoms with Gasteiger partial charge in [-0.05, 0) is 43.7 Å². The molecule has 0 aliphatic rings. The van der Waals surface area contributed by atoms with Crippen molar-refractivity contribution in [3.8, 4) is 5.75 Å². The Kier molecular flexibility index (Phi) is 5.29. The van der Waals surface area contributed by atoms with E-state index in [2.05, 4.69) is 11.6 Å². The molecule has 0 atom stereocenters. The average molecular weight is 386 g/mol. The van der Waals surface area contributed by atoms with Crippen LogP contribution in [-0.2, 0) is 6.54 Å². The molecule has 0 amide bonds. The van der Waals surface area contributed by atoms with E-state index in [1.807, 2.05) is 13.8 Å². The van der Waals surface area contributed by atoms with Crippen molar-refractivity contribution >= 4 is 39.1 Å². The van der Waals surface area contributed by atoms with E-state index in [0.29, 0.717) is 27.5 Å². The fourth-order valence-corrected chi connectivity index (χ4v) is 4.54. The quantitative estimate of drug-likeness (QED) is 0.301. The van der Waals surface area contributed by atoms with Crippen molar-refractivity contribution in [3.63, 3.8) is 0 Å². The molecule has 0 aliphatic heterocycles. The molecule has 0 saturated heterocycles. The summed E-state index contributed by atoms with van der Waals surface area (Å²) in [6.07, 6.45) is 1.65. The summed E-state index contributed by atoms with van der Waals surface area (Å²) < 4.78 is 1.56. The number of Topliss-reactive ketones (excluding diaryl/α,β-unsaturated/α-hetero) is 1. The van der Waals surface area contributed by atoms with E-state index in [1.165, 1.54) is 35.2 Å². The Morgan fingerprint density at radius 2 is 2.04 bits per heavy atom. The number of phenolic OH excluding ortho intramolecular Hbond substituents is 1. The number of aromatic nitrogens is 2. The summed E-state index contributed by atoms with van der Waals surface area (Å²) in [7, 11) is 0. The van der Waals surface area contributed by atoms with Crippen LogP contribution >= 0.6 is 23.1 Å². The van der Waals surface area contributed by atoms with Gasteiger partial charge in [-0.15, -0.1) is 17.9 Å². The number of thiophene rings is 1. The van der Waals surface area contributed by atoms with Crippen LogP contribution < -0.4 is 5.56 Å². The molecule has 2 heterocycles. The molecule has 1 N–H and O–H groups in total. The number of fused-ring (bicyclic) bond motifs is 1. The number of nitrogens with zero attached hydrogens (tertiary/aromatic N) is 2. The Morgan fingerprint density at radius 1 is 1.35 bits per heavy atom. The van der Waals surface area contributed by atoms with Crippen LogP contribution in [0.2, 0.25) is 0 Å². The van der Waals surface area contributed by atoms with E-state index < -0.39 is 0 Å². The second kappa shape index (κ2) is 7.47. The molecule has 0 fully saturated rings. The van der Waals surface area contributed by atoms with E-state index in [-0.39, 0.29) is 22.8 Å². The number of allylic oxidation sites excluding steroid dienone is 1. The first-order valence-corrected chi connectivity index (χ1v) is 9.79. The number of benzene rings is 1. The summed E-state index contributed by atoms with van der Waals surface area (Å²) in [4.78, 5) is 31.6. The zero-order chi connectivity index (χ0) is 18.8. The highest BCUT2D eigenvalue weighted by Gasteiger charge is 2.17. The molecule has 2 aromatic heterocycles. The maximum absolute atomic E-state index is 12.9. The normalized spacial score (nSPS) is 11.0. The minimum absolute atomic E-state index is 0.0898. The molecule has 1 aromatic carbocycles. The van der Waals surface area contributed by atoms with Crippen molar-refractivity contribution < 1.29 is 9.90 Å². The zero-order valence-corrected chi connectivity index (χ0v) is 16.1. The van der Waals surface area contributed by atoms with Gasteiger partial charge in [0, 0.05) is 17.0 Å². The Labute approximate surface area is 159 Å². The Morgan fingerprint density at radius 3 is 2.69 bits per heavy atom. The van der Waals surface area contributed by atoms with Gasteiger partial charge in [-0.25, -0.2) is 4.98 Å². The average Bonchev–Trinajstić information content (AvgIpc) is 2.90. The summed E-state index contributed by atoms with van der Waals surface area (Å²) in [6.45, 7) is 7.95. The van der Waals surface area contributed by atoms with Gasteiger partial charge in [0.2, 0.25) is 0 Å². The van der Waals surface area contributed by atoms with Gasteiger partial charge in [0.05, 0.1) is 11.1 Å². The highest BCUT2D eigenvalue weighted by molar-refractivity contribution is 7.99. The molecule has 0 spiro atoms. The molecule has 0 unspecified atom stereocenters. The number of hydrogen-bond acceptors (Lipinski definition) is 6. The number of thioether (sulfide) groups is 1. The standard InChI is InChI=1S/C19H18N2O3S2/c1-4-9-21-18(24)16-11(2)12(3)26-17(16)20-19(21)25-10-15(23)13-5-7-14(22)8-6-13/h4-8,22H,1,9-10H2,2-3H3. The Bertz CT molecular complexity index is 1050. The zero-order valence-electron chi connectivity index (χ0n) is 14.5.